The highest BCUT2D eigenvalue weighted by Crippen LogP contribution is 2.19. The number of benzene rings is 1. The number of aromatic nitrogens is 2. The number of esters is 1. The zero-order valence-electron chi connectivity index (χ0n) is 12.6. The van der Waals surface area contributed by atoms with Gasteiger partial charge in [0.1, 0.15) is 11.3 Å². The van der Waals surface area contributed by atoms with Crippen molar-refractivity contribution in [1.29, 1.82) is 0 Å². The second kappa shape index (κ2) is 7.17. The molecule has 22 heavy (non-hydrogen) atoms. The highest BCUT2D eigenvalue weighted by atomic mass is 32.2. The molecule has 1 heterocycles. The summed E-state index contributed by atoms with van der Waals surface area (Å²) in [7, 11) is 0. The van der Waals surface area contributed by atoms with Gasteiger partial charge in [0.25, 0.3) is 0 Å². The Balaban J connectivity index is 2.54. The van der Waals surface area contributed by atoms with Crippen LogP contribution < -0.4 is 0 Å². The van der Waals surface area contributed by atoms with Gasteiger partial charge in [-0.05, 0) is 25.7 Å². The summed E-state index contributed by atoms with van der Waals surface area (Å²) in [6.07, 6.45) is 3.16. The van der Waals surface area contributed by atoms with Gasteiger partial charge in [0, 0.05) is 11.8 Å². The highest BCUT2D eigenvalue weighted by Gasteiger charge is 2.23. The van der Waals surface area contributed by atoms with E-state index >= 15 is 0 Å². The van der Waals surface area contributed by atoms with Crippen LogP contribution in [0.1, 0.15) is 38.9 Å². The zero-order valence-corrected chi connectivity index (χ0v) is 13.4. The summed E-state index contributed by atoms with van der Waals surface area (Å²) < 4.78 is 4.98. The van der Waals surface area contributed by atoms with Crippen LogP contribution in [0.2, 0.25) is 0 Å². The molecule has 2 aromatic rings. The summed E-state index contributed by atoms with van der Waals surface area (Å²) >= 11 is 1.31. The molecule has 0 radical (unpaired) electrons. The minimum absolute atomic E-state index is 0.0760. The van der Waals surface area contributed by atoms with Gasteiger partial charge in [-0.25, -0.2) is 14.8 Å². The Hall–Kier alpha value is -2.21. The van der Waals surface area contributed by atoms with Crippen LogP contribution in [0.5, 0.6) is 0 Å². The van der Waals surface area contributed by atoms with Crippen molar-refractivity contribution < 1.29 is 14.3 Å². The number of nitrogens with zero attached hydrogens (tertiary/aromatic N) is 2. The fraction of sp³-hybridized carbons (Fsp3) is 0.250. The van der Waals surface area contributed by atoms with Gasteiger partial charge in [-0.2, -0.15) is 0 Å². The van der Waals surface area contributed by atoms with E-state index in [1.54, 1.807) is 25.3 Å². The Morgan fingerprint density at radius 2 is 1.95 bits per heavy atom. The second-order valence-electron chi connectivity index (χ2n) is 4.48. The topological polar surface area (TPSA) is 69.2 Å². The Morgan fingerprint density at radius 3 is 2.59 bits per heavy atom. The molecule has 2 rings (SSSR count). The molecule has 0 saturated heterocycles. The Bertz CT molecular complexity index is 716. The summed E-state index contributed by atoms with van der Waals surface area (Å²) in [5.41, 5.74) is 1.51. The van der Waals surface area contributed by atoms with Gasteiger partial charge >= 0.3 is 5.97 Å². The summed E-state index contributed by atoms with van der Waals surface area (Å²) in [5, 5.41) is 0.435. The first-order chi connectivity index (χ1) is 10.6. The van der Waals surface area contributed by atoms with E-state index in [1.165, 1.54) is 18.0 Å². The molecule has 0 saturated carbocycles. The number of ether oxygens (including phenoxy) is 1. The molecule has 0 N–H and O–H groups in total. The molecule has 0 aliphatic rings. The van der Waals surface area contributed by atoms with Crippen LogP contribution in [0.4, 0.5) is 0 Å². The Labute approximate surface area is 133 Å². The average Bonchev–Trinajstić information content (AvgIpc) is 2.54. The summed E-state index contributed by atoms with van der Waals surface area (Å²) in [6.45, 7) is 3.77. The fourth-order valence-electron chi connectivity index (χ4n) is 1.95. The molecule has 0 aliphatic heterocycles. The largest absolute Gasteiger partial charge is 0.462 e. The zero-order chi connectivity index (χ0) is 16.1. The number of carbonyl (C=O) groups is 2. The maximum absolute atomic E-state index is 12.8. The molecular formula is C16H16N2O3S. The van der Waals surface area contributed by atoms with Gasteiger partial charge in [0.05, 0.1) is 6.61 Å². The van der Waals surface area contributed by atoms with Crippen LogP contribution in [-0.2, 0) is 4.74 Å². The van der Waals surface area contributed by atoms with E-state index in [9.17, 15) is 9.59 Å². The summed E-state index contributed by atoms with van der Waals surface area (Å²) in [5.74, 6) is -0.897. The first-order valence-corrected chi connectivity index (χ1v) is 7.99. The number of rotatable bonds is 5. The van der Waals surface area contributed by atoms with Crippen LogP contribution in [-0.4, -0.2) is 34.6 Å². The van der Waals surface area contributed by atoms with Gasteiger partial charge in [0.15, 0.2) is 5.16 Å². The smallest absolute Gasteiger partial charge is 0.342 e. The monoisotopic (exact) mass is 316 g/mol. The molecule has 6 heteroatoms. The molecule has 0 atom stereocenters. The third-order valence-electron chi connectivity index (χ3n) is 3.05. The van der Waals surface area contributed by atoms with Gasteiger partial charge in [-0.15, -0.1) is 0 Å². The number of hydrogen-bond acceptors (Lipinski definition) is 6. The number of thioether (sulfide) groups is 1. The molecule has 1 aromatic carbocycles. The molecule has 0 amide bonds. The molecule has 0 bridgehead atoms. The van der Waals surface area contributed by atoms with Crippen molar-refractivity contribution in [2.24, 2.45) is 0 Å². The van der Waals surface area contributed by atoms with E-state index in [-0.39, 0.29) is 23.6 Å². The maximum Gasteiger partial charge on any atom is 0.342 e. The minimum atomic E-state index is -0.591. The van der Waals surface area contributed by atoms with E-state index in [4.69, 9.17) is 4.74 Å². The predicted octanol–water partition coefficient (Wildman–Crippen LogP) is 2.91. The molecule has 5 nitrogen and oxygen atoms in total. The third-order valence-corrected chi connectivity index (χ3v) is 3.61. The van der Waals surface area contributed by atoms with Crippen molar-refractivity contribution in [3.05, 3.63) is 52.8 Å². The maximum atomic E-state index is 12.8. The minimum Gasteiger partial charge on any atom is -0.462 e. The van der Waals surface area contributed by atoms with Crippen LogP contribution >= 0.6 is 11.8 Å². The Morgan fingerprint density at radius 1 is 1.23 bits per heavy atom. The molecule has 0 fully saturated rings. The lowest BCUT2D eigenvalue weighted by Gasteiger charge is -2.09. The predicted molar refractivity (Wildman–Crippen MR) is 84.4 cm³/mol. The normalized spacial score (nSPS) is 10.3. The number of ketones is 1. The lowest BCUT2D eigenvalue weighted by Crippen LogP contribution is -2.16. The van der Waals surface area contributed by atoms with E-state index in [2.05, 4.69) is 9.97 Å². The first-order valence-electron chi connectivity index (χ1n) is 6.77. The van der Waals surface area contributed by atoms with Gasteiger partial charge in [0.2, 0.25) is 5.78 Å². The van der Waals surface area contributed by atoms with Crippen molar-refractivity contribution >= 4 is 23.5 Å². The molecular weight excluding hydrogens is 300 g/mol. The highest BCUT2D eigenvalue weighted by molar-refractivity contribution is 7.98. The second-order valence-corrected chi connectivity index (χ2v) is 5.26. The van der Waals surface area contributed by atoms with Gasteiger partial charge < -0.3 is 4.74 Å². The van der Waals surface area contributed by atoms with Crippen molar-refractivity contribution in [2.75, 3.05) is 12.9 Å². The quantitative estimate of drug-likeness (QED) is 0.366. The van der Waals surface area contributed by atoms with E-state index in [1.807, 2.05) is 19.1 Å². The lowest BCUT2D eigenvalue weighted by molar-refractivity contribution is 0.0522. The van der Waals surface area contributed by atoms with Crippen molar-refractivity contribution in [1.82, 2.24) is 9.97 Å². The third kappa shape index (κ3) is 3.33. The van der Waals surface area contributed by atoms with Crippen molar-refractivity contribution in [3.8, 4) is 0 Å². The van der Waals surface area contributed by atoms with Crippen molar-refractivity contribution in [3.63, 3.8) is 0 Å². The molecule has 0 aliphatic carbocycles. The van der Waals surface area contributed by atoms with Crippen LogP contribution in [0, 0.1) is 6.92 Å². The molecule has 0 spiro atoms. The SMILES string of the molecule is CCOC(=O)c1cnc(SC)nc1C(=O)c1ccccc1C. The summed E-state index contributed by atoms with van der Waals surface area (Å²) in [6, 6.07) is 7.19. The fourth-order valence-corrected chi connectivity index (χ4v) is 2.29. The van der Waals surface area contributed by atoms with Crippen LogP contribution in [0.15, 0.2) is 35.6 Å². The standard InChI is InChI=1S/C16H16N2O3S/c1-4-21-15(20)12-9-17-16(22-3)18-13(12)14(19)11-8-6-5-7-10(11)2/h5-9H,4H2,1-3H3. The van der Waals surface area contributed by atoms with Crippen LogP contribution in [0.3, 0.4) is 0 Å². The van der Waals surface area contributed by atoms with Gasteiger partial charge in [-0.1, -0.05) is 36.0 Å². The first kappa shape index (κ1) is 16.2. The Kier molecular flexibility index (Phi) is 5.27. The molecule has 114 valence electrons. The molecule has 1 aromatic heterocycles. The van der Waals surface area contributed by atoms with Crippen LogP contribution in [0.25, 0.3) is 0 Å². The summed E-state index contributed by atoms with van der Waals surface area (Å²) in [4.78, 5) is 33.1. The van der Waals surface area contributed by atoms with Crippen molar-refractivity contribution in [2.45, 2.75) is 19.0 Å². The number of hydrogen-bond donors (Lipinski definition) is 0. The molecule has 0 unspecified atom stereocenters. The number of aryl methyl sites for hydroxylation is 1. The van der Waals surface area contributed by atoms with Gasteiger partial charge in [-0.3, -0.25) is 4.79 Å². The van der Waals surface area contributed by atoms with E-state index < -0.39 is 5.97 Å². The average molecular weight is 316 g/mol. The van der Waals surface area contributed by atoms with E-state index in [0.717, 1.165) is 5.56 Å². The van der Waals surface area contributed by atoms with E-state index in [0.29, 0.717) is 10.7 Å². The number of carbonyl (C=O) groups excluding carboxylic acids is 2. The lowest BCUT2D eigenvalue weighted by atomic mass is 10.0.